The van der Waals surface area contributed by atoms with Gasteiger partial charge < -0.3 is 23.9 Å². The second kappa shape index (κ2) is 11.8. The Morgan fingerprint density at radius 1 is 0.905 bits per heavy atom. The third-order valence-corrected chi connectivity index (χ3v) is 8.17. The molecule has 0 saturated heterocycles. The van der Waals surface area contributed by atoms with Crippen LogP contribution in [0.2, 0.25) is 0 Å². The van der Waals surface area contributed by atoms with Gasteiger partial charge in [0.25, 0.3) is 15.9 Å². The second-order valence-electron chi connectivity index (χ2n) is 9.06. The van der Waals surface area contributed by atoms with Crippen molar-refractivity contribution in [2.75, 3.05) is 37.0 Å². The highest BCUT2D eigenvalue weighted by Crippen LogP contribution is 2.36. The fourth-order valence-corrected chi connectivity index (χ4v) is 5.39. The maximum absolute atomic E-state index is 13.2. The molecular weight excluding hydrogens is 567 g/mol. The van der Waals surface area contributed by atoms with Crippen molar-refractivity contribution in [2.24, 2.45) is 0 Å². The summed E-state index contributed by atoms with van der Waals surface area (Å²) in [5, 5.41) is 4.40. The number of benzene rings is 4. The van der Waals surface area contributed by atoms with E-state index in [1.807, 2.05) is 24.3 Å². The van der Waals surface area contributed by atoms with Crippen molar-refractivity contribution in [3.05, 3.63) is 90.7 Å². The maximum atomic E-state index is 13.2. The molecule has 10 nitrogen and oxygen atoms in total. The summed E-state index contributed by atoms with van der Waals surface area (Å²) in [6.07, 6.45) is 0. The van der Waals surface area contributed by atoms with Gasteiger partial charge in [0, 0.05) is 23.9 Å². The molecule has 0 aliphatic heterocycles. The lowest BCUT2D eigenvalue weighted by atomic mass is 10.1. The molecule has 1 aromatic heterocycles. The summed E-state index contributed by atoms with van der Waals surface area (Å²) in [6, 6.07) is 21.4. The number of anilines is 2. The average molecular weight is 593 g/mol. The van der Waals surface area contributed by atoms with Gasteiger partial charge in [-0.05, 0) is 60.7 Å². The van der Waals surface area contributed by atoms with Gasteiger partial charge >= 0.3 is 5.97 Å². The van der Waals surface area contributed by atoms with Crippen LogP contribution >= 0.6 is 0 Å². The van der Waals surface area contributed by atoms with Crippen LogP contribution in [0.1, 0.15) is 0 Å². The van der Waals surface area contributed by atoms with Crippen molar-refractivity contribution in [1.82, 2.24) is 0 Å². The lowest BCUT2D eigenvalue weighted by molar-refractivity contribution is -0.149. The number of esters is 1. The van der Waals surface area contributed by atoms with Crippen LogP contribution in [0.5, 0.6) is 11.5 Å². The number of carbonyl (C=O) groups excluding carboxylic acids is 2. The zero-order valence-corrected chi connectivity index (χ0v) is 23.3. The number of furan rings is 1. The van der Waals surface area contributed by atoms with E-state index in [1.165, 1.54) is 50.6 Å². The Bertz CT molecular complexity index is 1870. The van der Waals surface area contributed by atoms with Gasteiger partial charge in [0.15, 0.2) is 13.2 Å². The lowest BCUT2D eigenvalue weighted by Crippen LogP contribution is -2.26. The van der Waals surface area contributed by atoms with E-state index in [-0.39, 0.29) is 10.6 Å². The van der Waals surface area contributed by atoms with Crippen molar-refractivity contribution >= 4 is 55.2 Å². The molecule has 5 rings (SSSR count). The van der Waals surface area contributed by atoms with Crippen molar-refractivity contribution in [2.45, 2.75) is 4.90 Å². The number of rotatable bonds is 10. The first-order valence-electron chi connectivity index (χ1n) is 12.6. The third-order valence-electron chi connectivity index (χ3n) is 6.37. The number of methoxy groups -OCH3 is 1. The normalized spacial score (nSPS) is 11.3. The number of hydrogen-bond donors (Lipinski definition) is 1. The van der Waals surface area contributed by atoms with Crippen LogP contribution in [-0.2, 0) is 24.3 Å². The van der Waals surface area contributed by atoms with E-state index in [0.717, 1.165) is 27.2 Å². The molecule has 0 unspecified atom stereocenters. The molecule has 0 radical (unpaired) electrons. The van der Waals surface area contributed by atoms with Crippen LogP contribution in [0.3, 0.4) is 0 Å². The summed E-state index contributed by atoms with van der Waals surface area (Å²) < 4.78 is 61.5. The van der Waals surface area contributed by atoms with Gasteiger partial charge in [0.05, 0.1) is 23.4 Å². The number of sulfonamides is 1. The Morgan fingerprint density at radius 2 is 1.62 bits per heavy atom. The third kappa shape index (κ3) is 5.98. The number of fused-ring (bicyclic) bond motifs is 3. The van der Waals surface area contributed by atoms with Crippen LogP contribution in [-0.4, -0.2) is 47.7 Å². The summed E-state index contributed by atoms with van der Waals surface area (Å²) in [5.41, 5.74) is 1.93. The second-order valence-corrected chi connectivity index (χ2v) is 11.0. The minimum atomic E-state index is -3.91. The van der Waals surface area contributed by atoms with E-state index in [2.05, 4.69) is 5.32 Å². The molecule has 0 atom stereocenters. The van der Waals surface area contributed by atoms with E-state index < -0.39 is 40.9 Å². The highest BCUT2D eigenvalue weighted by molar-refractivity contribution is 7.92. The molecule has 0 spiro atoms. The van der Waals surface area contributed by atoms with E-state index >= 15 is 0 Å². The van der Waals surface area contributed by atoms with Gasteiger partial charge in [0.1, 0.15) is 28.5 Å². The molecule has 0 bridgehead atoms. The molecule has 1 amide bonds. The molecule has 1 N–H and O–H groups in total. The fourth-order valence-electron chi connectivity index (χ4n) is 4.19. The van der Waals surface area contributed by atoms with Crippen molar-refractivity contribution < 1.29 is 41.0 Å². The first-order valence-corrected chi connectivity index (χ1v) is 14.0. The minimum Gasteiger partial charge on any atom is -0.495 e. The Labute approximate surface area is 240 Å². The zero-order chi connectivity index (χ0) is 29.9. The van der Waals surface area contributed by atoms with Gasteiger partial charge in [0.2, 0.25) is 0 Å². The highest BCUT2D eigenvalue weighted by atomic mass is 32.2. The van der Waals surface area contributed by atoms with Crippen molar-refractivity contribution in [1.29, 1.82) is 0 Å². The fraction of sp³-hybridized carbons (Fsp3) is 0.133. The lowest BCUT2D eigenvalue weighted by Gasteiger charge is -2.19. The summed E-state index contributed by atoms with van der Waals surface area (Å²) >= 11 is 0. The number of para-hydroxylation sites is 1. The smallest absolute Gasteiger partial charge is 0.344 e. The van der Waals surface area contributed by atoms with Gasteiger partial charge in [-0.1, -0.05) is 18.2 Å². The molecule has 5 aromatic rings. The predicted molar refractivity (Wildman–Crippen MR) is 154 cm³/mol. The largest absolute Gasteiger partial charge is 0.495 e. The summed E-state index contributed by atoms with van der Waals surface area (Å²) in [4.78, 5) is 24.6. The summed E-state index contributed by atoms with van der Waals surface area (Å²) in [7, 11) is -1.07. The topological polar surface area (TPSA) is 124 Å². The number of halogens is 1. The summed E-state index contributed by atoms with van der Waals surface area (Å²) in [6.45, 7) is -1.04. The van der Waals surface area contributed by atoms with Gasteiger partial charge in [-0.3, -0.25) is 9.10 Å². The first-order chi connectivity index (χ1) is 20.2. The Hall–Kier alpha value is -5.10. The highest BCUT2D eigenvalue weighted by Gasteiger charge is 2.21. The van der Waals surface area contributed by atoms with Crippen molar-refractivity contribution in [3.8, 4) is 11.5 Å². The number of nitrogens with one attached hydrogen (secondary N) is 1. The van der Waals surface area contributed by atoms with Gasteiger partial charge in [-0.15, -0.1) is 0 Å². The van der Waals surface area contributed by atoms with Crippen LogP contribution in [0.4, 0.5) is 15.8 Å². The Balaban J connectivity index is 1.14. The molecule has 12 heteroatoms. The number of ether oxygens (including phenoxy) is 3. The SMILES string of the molecule is COc1cc2c(cc1NC(=O)COC(=O)COc1ccc(N(C)S(=O)(=O)c3ccc(F)cc3)cc1)oc1ccccc12. The molecule has 4 aromatic carbocycles. The number of nitrogens with zero attached hydrogens (tertiary/aromatic N) is 1. The molecule has 1 heterocycles. The van der Waals surface area contributed by atoms with Crippen LogP contribution in [0, 0.1) is 5.82 Å². The van der Waals surface area contributed by atoms with Crippen LogP contribution in [0.25, 0.3) is 21.9 Å². The Morgan fingerprint density at radius 3 is 2.33 bits per heavy atom. The van der Waals surface area contributed by atoms with Gasteiger partial charge in [-0.25, -0.2) is 17.6 Å². The molecule has 0 aliphatic rings. The average Bonchev–Trinajstić information content (AvgIpc) is 3.36. The Kier molecular flexibility index (Phi) is 7.98. The monoisotopic (exact) mass is 592 g/mol. The molecule has 0 saturated carbocycles. The van der Waals surface area contributed by atoms with Gasteiger partial charge in [-0.2, -0.15) is 0 Å². The molecule has 42 heavy (non-hydrogen) atoms. The molecular formula is C30H25FN2O8S. The van der Waals surface area contributed by atoms with E-state index in [1.54, 1.807) is 12.1 Å². The molecule has 0 aliphatic carbocycles. The van der Waals surface area contributed by atoms with Crippen LogP contribution in [0.15, 0.2) is 94.2 Å². The number of hydrogen-bond acceptors (Lipinski definition) is 8. The number of carbonyl (C=O) groups is 2. The first kappa shape index (κ1) is 28.4. The number of amides is 1. The van der Waals surface area contributed by atoms with Crippen molar-refractivity contribution in [3.63, 3.8) is 0 Å². The zero-order valence-electron chi connectivity index (χ0n) is 22.5. The van der Waals surface area contributed by atoms with E-state index in [9.17, 15) is 22.4 Å². The standard InChI is InChI=1S/C30H25FN2O8S/c1-33(42(36,37)22-13-7-19(31)8-14-22)20-9-11-21(12-10-20)39-18-30(35)40-17-29(34)32-25-16-27-24(15-28(25)38-2)23-5-3-4-6-26(23)41-27/h3-16H,17-18H2,1-2H3,(H,32,34). The molecule has 0 fully saturated rings. The minimum absolute atomic E-state index is 0.0629. The predicted octanol–water partition coefficient (Wildman–Crippen LogP) is 5.12. The maximum Gasteiger partial charge on any atom is 0.344 e. The van der Waals surface area contributed by atoms with E-state index in [0.29, 0.717) is 28.3 Å². The molecule has 216 valence electrons. The van der Waals surface area contributed by atoms with E-state index in [4.69, 9.17) is 18.6 Å². The quantitative estimate of drug-likeness (QED) is 0.222. The summed E-state index contributed by atoms with van der Waals surface area (Å²) in [5.74, 6) is -1.23. The van der Waals surface area contributed by atoms with Crippen LogP contribution < -0.4 is 19.1 Å².